The molecule has 0 radical (unpaired) electrons. The molecule has 0 bridgehead atoms. The Morgan fingerprint density at radius 2 is 2.05 bits per heavy atom. The number of hydrogen-bond donors (Lipinski definition) is 1. The third-order valence-corrected chi connectivity index (χ3v) is 3.18. The van der Waals surface area contributed by atoms with Crippen molar-refractivity contribution in [1.29, 1.82) is 0 Å². The molecule has 0 atom stereocenters. The Morgan fingerprint density at radius 3 is 2.89 bits per heavy atom. The van der Waals surface area contributed by atoms with E-state index in [-0.39, 0.29) is 0 Å². The predicted molar refractivity (Wildman–Crippen MR) is 82.4 cm³/mol. The first kappa shape index (κ1) is 13.8. The van der Waals surface area contributed by atoms with Gasteiger partial charge in [-0.1, -0.05) is 42.8 Å². The number of hydrogen-bond acceptors (Lipinski definition) is 2. The van der Waals surface area contributed by atoms with E-state index in [2.05, 4.69) is 55.6 Å². The van der Waals surface area contributed by atoms with E-state index in [0.29, 0.717) is 0 Å². The largest absolute Gasteiger partial charge is 0.317 e. The number of benzene rings is 1. The first-order valence-electron chi connectivity index (χ1n) is 7.00. The molecule has 1 aromatic carbocycles. The summed E-state index contributed by atoms with van der Waals surface area (Å²) in [6, 6.07) is 12.6. The van der Waals surface area contributed by atoms with E-state index < -0.39 is 0 Å². The zero-order valence-electron chi connectivity index (χ0n) is 11.8. The number of fused-ring (bicyclic) bond motifs is 1. The number of aromatic nitrogens is 1. The lowest BCUT2D eigenvalue weighted by atomic mass is 10.1. The molecule has 0 amide bonds. The second-order valence-electron chi connectivity index (χ2n) is 4.86. The van der Waals surface area contributed by atoms with Crippen LogP contribution in [0.4, 0.5) is 0 Å². The monoisotopic (exact) mass is 254 g/mol. The highest BCUT2D eigenvalue weighted by Crippen LogP contribution is 2.14. The smallest absolute Gasteiger partial charge is 0.0705 e. The Morgan fingerprint density at radius 1 is 1.21 bits per heavy atom. The highest BCUT2D eigenvalue weighted by Gasteiger charge is 1.99. The molecule has 2 rings (SSSR count). The van der Waals surface area contributed by atoms with Crippen molar-refractivity contribution in [2.24, 2.45) is 0 Å². The second kappa shape index (κ2) is 7.05. The number of pyridine rings is 1. The van der Waals surface area contributed by atoms with E-state index >= 15 is 0 Å². The number of nitrogens with zero attached hydrogens (tertiary/aromatic N) is 1. The van der Waals surface area contributed by atoms with Crippen molar-refractivity contribution in [3.63, 3.8) is 0 Å². The van der Waals surface area contributed by atoms with E-state index in [1.54, 1.807) is 0 Å². The Hall–Kier alpha value is -1.67. The van der Waals surface area contributed by atoms with E-state index in [1.807, 2.05) is 6.07 Å². The van der Waals surface area contributed by atoms with Gasteiger partial charge in [-0.3, -0.25) is 4.98 Å². The lowest BCUT2D eigenvalue weighted by Gasteiger charge is -2.04. The van der Waals surface area contributed by atoms with Crippen LogP contribution in [0.2, 0.25) is 0 Å². The van der Waals surface area contributed by atoms with Gasteiger partial charge in [-0.25, -0.2) is 0 Å². The number of nitrogens with one attached hydrogen (secondary N) is 1. The van der Waals surface area contributed by atoms with Crippen molar-refractivity contribution in [2.75, 3.05) is 13.1 Å². The topological polar surface area (TPSA) is 24.9 Å². The van der Waals surface area contributed by atoms with Crippen molar-refractivity contribution < 1.29 is 0 Å². The first-order chi connectivity index (χ1) is 9.29. The van der Waals surface area contributed by atoms with Crippen LogP contribution >= 0.6 is 0 Å². The quantitative estimate of drug-likeness (QED) is 0.627. The van der Waals surface area contributed by atoms with Gasteiger partial charge in [-0.05, 0) is 38.6 Å². The summed E-state index contributed by atoms with van der Waals surface area (Å²) in [5.41, 5.74) is 3.62. The zero-order valence-corrected chi connectivity index (χ0v) is 11.8. The van der Waals surface area contributed by atoms with E-state index in [9.17, 15) is 0 Å². The van der Waals surface area contributed by atoms with Gasteiger partial charge in [0.1, 0.15) is 0 Å². The third-order valence-electron chi connectivity index (χ3n) is 3.18. The SMILES string of the molecule is CCNCCC=C(C)Cc1ccc2ccccc2n1. The molecule has 1 heterocycles. The fraction of sp³-hybridized carbons (Fsp3) is 0.353. The summed E-state index contributed by atoms with van der Waals surface area (Å²) in [5.74, 6) is 0. The molecule has 0 saturated heterocycles. The van der Waals surface area contributed by atoms with Gasteiger partial charge in [-0.15, -0.1) is 0 Å². The third kappa shape index (κ3) is 4.18. The predicted octanol–water partition coefficient (Wildman–Crippen LogP) is 3.72. The summed E-state index contributed by atoms with van der Waals surface area (Å²) in [6.07, 6.45) is 4.34. The van der Waals surface area contributed by atoms with Crippen molar-refractivity contribution >= 4 is 10.9 Å². The maximum absolute atomic E-state index is 4.70. The molecule has 2 nitrogen and oxygen atoms in total. The van der Waals surface area contributed by atoms with Crippen LogP contribution in [0, 0.1) is 0 Å². The number of allylic oxidation sites excluding steroid dienone is 1. The summed E-state index contributed by atoms with van der Waals surface area (Å²) >= 11 is 0. The van der Waals surface area contributed by atoms with Crippen LogP contribution in [0.25, 0.3) is 10.9 Å². The van der Waals surface area contributed by atoms with Crippen LogP contribution in [0.1, 0.15) is 26.0 Å². The van der Waals surface area contributed by atoms with Crippen LogP contribution in [-0.2, 0) is 6.42 Å². The zero-order chi connectivity index (χ0) is 13.5. The van der Waals surface area contributed by atoms with Gasteiger partial charge in [-0.2, -0.15) is 0 Å². The maximum atomic E-state index is 4.70. The molecule has 0 aliphatic rings. The summed E-state index contributed by atoms with van der Waals surface area (Å²) in [4.78, 5) is 4.70. The Bertz CT molecular complexity index is 558. The second-order valence-corrected chi connectivity index (χ2v) is 4.86. The standard InChI is InChI=1S/C17H22N2/c1-3-18-12-6-7-14(2)13-16-11-10-15-8-4-5-9-17(15)19-16/h4-5,7-11,18H,3,6,12-13H2,1-2H3. The highest BCUT2D eigenvalue weighted by atomic mass is 14.8. The normalized spacial score (nSPS) is 12.0. The average Bonchev–Trinajstić information content (AvgIpc) is 2.43. The molecule has 0 spiro atoms. The number of para-hydroxylation sites is 1. The minimum absolute atomic E-state index is 0.941. The Balaban J connectivity index is 2.00. The summed E-state index contributed by atoms with van der Waals surface area (Å²) in [7, 11) is 0. The summed E-state index contributed by atoms with van der Waals surface area (Å²) in [6.45, 7) is 6.41. The molecule has 0 aliphatic carbocycles. The Labute approximate surface area is 115 Å². The lowest BCUT2D eigenvalue weighted by molar-refractivity contribution is 0.724. The van der Waals surface area contributed by atoms with Crippen molar-refractivity contribution in [1.82, 2.24) is 10.3 Å². The molecule has 0 aliphatic heterocycles. The molecular formula is C17H22N2. The summed E-state index contributed by atoms with van der Waals surface area (Å²) < 4.78 is 0. The van der Waals surface area contributed by atoms with Crippen LogP contribution < -0.4 is 5.32 Å². The van der Waals surface area contributed by atoms with Gasteiger partial charge < -0.3 is 5.32 Å². The van der Waals surface area contributed by atoms with Gasteiger partial charge >= 0.3 is 0 Å². The van der Waals surface area contributed by atoms with E-state index in [1.165, 1.54) is 11.0 Å². The average molecular weight is 254 g/mol. The van der Waals surface area contributed by atoms with Gasteiger partial charge in [0.2, 0.25) is 0 Å². The van der Waals surface area contributed by atoms with Gasteiger partial charge in [0.25, 0.3) is 0 Å². The van der Waals surface area contributed by atoms with Crippen LogP contribution in [-0.4, -0.2) is 18.1 Å². The first-order valence-corrected chi connectivity index (χ1v) is 7.00. The summed E-state index contributed by atoms with van der Waals surface area (Å²) in [5, 5.41) is 4.54. The van der Waals surface area contributed by atoms with Crippen molar-refractivity contribution in [3.8, 4) is 0 Å². The van der Waals surface area contributed by atoms with Gasteiger partial charge in [0.15, 0.2) is 0 Å². The molecule has 0 fully saturated rings. The van der Waals surface area contributed by atoms with Crippen LogP contribution in [0.5, 0.6) is 0 Å². The minimum atomic E-state index is 0.941. The van der Waals surface area contributed by atoms with Crippen LogP contribution in [0.15, 0.2) is 48.0 Å². The van der Waals surface area contributed by atoms with Crippen LogP contribution in [0.3, 0.4) is 0 Å². The fourth-order valence-electron chi connectivity index (χ4n) is 2.16. The molecule has 2 heteroatoms. The van der Waals surface area contributed by atoms with Crippen molar-refractivity contribution in [3.05, 3.63) is 53.7 Å². The molecule has 1 N–H and O–H groups in total. The molecule has 2 aromatic rings. The van der Waals surface area contributed by atoms with Gasteiger partial charge in [0, 0.05) is 17.5 Å². The van der Waals surface area contributed by atoms with Gasteiger partial charge in [0.05, 0.1) is 5.52 Å². The molecule has 1 aromatic heterocycles. The van der Waals surface area contributed by atoms with E-state index in [4.69, 9.17) is 4.98 Å². The Kier molecular flexibility index (Phi) is 5.10. The fourth-order valence-corrected chi connectivity index (χ4v) is 2.16. The van der Waals surface area contributed by atoms with E-state index in [0.717, 1.165) is 37.1 Å². The minimum Gasteiger partial charge on any atom is -0.317 e. The number of rotatable bonds is 6. The highest BCUT2D eigenvalue weighted by molar-refractivity contribution is 5.78. The molecule has 19 heavy (non-hydrogen) atoms. The molecular weight excluding hydrogens is 232 g/mol. The van der Waals surface area contributed by atoms with Crippen molar-refractivity contribution in [2.45, 2.75) is 26.7 Å². The molecule has 0 unspecified atom stereocenters. The maximum Gasteiger partial charge on any atom is 0.0705 e. The molecule has 100 valence electrons. The molecule has 0 saturated carbocycles. The lowest BCUT2D eigenvalue weighted by Crippen LogP contribution is -2.13.